The summed E-state index contributed by atoms with van der Waals surface area (Å²) in [6.45, 7) is 3.97. The van der Waals surface area contributed by atoms with Crippen molar-refractivity contribution in [1.82, 2.24) is 0 Å². The van der Waals surface area contributed by atoms with Crippen LogP contribution in [0.5, 0.6) is 5.75 Å². The first-order valence-corrected chi connectivity index (χ1v) is 6.36. The van der Waals surface area contributed by atoms with E-state index in [-0.39, 0.29) is 5.92 Å². The van der Waals surface area contributed by atoms with Gasteiger partial charge >= 0.3 is 0 Å². The zero-order valence-corrected chi connectivity index (χ0v) is 11.5. The van der Waals surface area contributed by atoms with Crippen LogP contribution in [0.3, 0.4) is 0 Å². The lowest BCUT2D eigenvalue weighted by Gasteiger charge is -2.12. The Balaban J connectivity index is 2.57. The van der Waals surface area contributed by atoms with Gasteiger partial charge in [0.15, 0.2) is 0 Å². The highest BCUT2D eigenvalue weighted by Gasteiger charge is 2.10. The van der Waals surface area contributed by atoms with Crippen molar-refractivity contribution in [3.63, 3.8) is 0 Å². The van der Waals surface area contributed by atoms with Crippen LogP contribution in [0.4, 0.5) is 0 Å². The second kappa shape index (κ2) is 5.70. The minimum Gasteiger partial charge on any atom is -0.497 e. The van der Waals surface area contributed by atoms with Crippen LogP contribution in [0.2, 0.25) is 0 Å². The fourth-order valence-electron chi connectivity index (χ4n) is 2.13. The molecule has 2 aromatic rings. The van der Waals surface area contributed by atoms with Crippen molar-refractivity contribution in [2.75, 3.05) is 7.11 Å². The summed E-state index contributed by atoms with van der Waals surface area (Å²) in [7, 11) is 1.65. The van der Waals surface area contributed by atoms with E-state index in [9.17, 15) is 4.79 Å². The first kappa shape index (κ1) is 13.3. The Morgan fingerprint density at radius 3 is 2.53 bits per heavy atom. The summed E-state index contributed by atoms with van der Waals surface area (Å²) in [6, 6.07) is 14.2. The van der Waals surface area contributed by atoms with E-state index in [1.807, 2.05) is 31.2 Å². The van der Waals surface area contributed by atoms with Crippen LogP contribution < -0.4 is 4.74 Å². The van der Waals surface area contributed by atoms with Gasteiger partial charge in [-0.15, -0.1) is 0 Å². The van der Waals surface area contributed by atoms with Gasteiger partial charge in [-0.05, 0) is 41.3 Å². The van der Waals surface area contributed by atoms with Crippen molar-refractivity contribution in [2.45, 2.75) is 19.8 Å². The van der Waals surface area contributed by atoms with Gasteiger partial charge in [-0.25, -0.2) is 0 Å². The molecular weight excluding hydrogens is 236 g/mol. The zero-order valence-electron chi connectivity index (χ0n) is 11.5. The first-order valence-electron chi connectivity index (χ1n) is 6.36. The molecule has 0 unspecified atom stereocenters. The van der Waals surface area contributed by atoms with E-state index >= 15 is 0 Å². The summed E-state index contributed by atoms with van der Waals surface area (Å²) >= 11 is 0. The Hall–Kier alpha value is -2.09. The number of aryl methyl sites for hydroxylation is 1. The minimum atomic E-state index is -0.127. The van der Waals surface area contributed by atoms with Crippen LogP contribution in [-0.2, 0) is 4.79 Å². The molecule has 0 radical (unpaired) electrons. The van der Waals surface area contributed by atoms with Gasteiger partial charge in [0.1, 0.15) is 12.0 Å². The molecule has 0 aliphatic rings. The largest absolute Gasteiger partial charge is 0.497 e. The third-order valence-corrected chi connectivity index (χ3v) is 3.35. The molecule has 0 saturated carbocycles. The quantitative estimate of drug-likeness (QED) is 0.772. The molecule has 0 fully saturated rings. The van der Waals surface area contributed by atoms with E-state index in [0.717, 1.165) is 23.2 Å². The third kappa shape index (κ3) is 2.84. The fourth-order valence-corrected chi connectivity index (χ4v) is 2.13. The van der Waals surface area contributed by atoms with Crippen molar-refractivity contribution < 1.29 is 9.53 Å². The number of aldehydes is 1. The van der Waals surface area contributed by atoms with Crippen LogP contribution in [0, 0.1) is 6.92 Å². The highest BCUT2D eigenvalue weighted by atomic mass is 16.5. The topological polar surface area (TPSA) is 26.3 Å². The lowest BCUT2D eigenvalue weighted by Crippen LogP contribution is -1.97. The maximum absolute atomic E-state index is 11.0. The minimum absolute atomic E-state index is 0.127. The van der Waals surface area contributed by atoms with Gasteiger partial charge in [-0.1, -0.05) is 37.3 Å². The normalized spacial score (nSPS) is 11.9. The molecule has 0 bridgehead atoms. The molecule has 2 heteroatoms. The molecule has 98 valence electrons. The number of ether oxygens (including phenoxy) is 1. The Labute approximate surface area is 114 Å². The van der Waals surface area contributed by atoms with E-state index < -0.39 is 0 Å². The second-order valence-electron chi connectivity index (χ2n) is 4.73. The average Bonchev–Trinajstić information content (AvgIpc) is 2.46. The molecule has 0 saturated heterocycles. The van der Waals surface area contributed by atoms with Gasteiger partial charge in [-0.2, -0.15) is 0 Å². The van der Waals surface area contributed by atoms with Crippen molar-refractivity contribution in [3.8, 4) is 16.9 Å². The summed E-state index contributed by atoms with van der Waals surface area (Å²) in [5.41, 5.74) is 4.44. The standard InChI is InChI=1S/C17H18O2/c1-12-6-4-5-7-17(12)15-8-14(13(2)11-18)9-16(10-15)19-3/h4-11,13H,1-3H3/t13-/m0/s1. The van der Waals surface area contributed by atoms with Crippen molar-refractivity contribution in [3.05, 3.63) is 53.6 Å². The zero-order chi connectivity index (χ0) is 13.8. The highest BCUT2D eigenvalue weighted by molar-refractivity contribution is 5.71. The summed E-state index contributed by atoms with van der Waals surface area (Å²) < 4.78 is 5.34. The molecule has 2 nitrogen and oxygen atoms in total. The first-order chi connectivity index (χ1) is 9.15. The Bertz CT molecular complexity index is 588. The molecule has 0 aliphatic heterocycles. The van der Waals surface area contributed by atoms with Crippen molar-refractivity contribution >= 4 is 6.29 Å². The van der Waals surface area contributed by atoms with Crippen LogP contribution in [-0.4, -0.2) is 13.4 Å². The summed E-state index contributed by atoms with van der Waals surface area (Å²) in [6.07, 6.45) is 0.955. The van der Waals surface area contributed by atoms with Gasteiger partial charge in [0, 0.05) is 5.92 Å². The predicted molar refractivity (Wildman–Crippen MR) is 77.6 cm³/mol. The molecule has 2 aromatic carbocycles. The van der Waals surface area contributed by atoms with Gasteiger partial charge in [0.2, 0.25) is 0 Å². The molecule has 0 amide bonds. The van der Waals surface area contributed by atoms with Gasteiger partial charge in [0.05, 0.1) is 7.11 Å². The Morgan fingerprint density at radius 2 is 1.89 bits per heavy atom. The van der Waals surface area contributed by atoms with Gasteiger partial charge in [0.25, 0.3) is 0 Å². The van der Waals surface area contributed by atoms with Gasteiger partial charge < -0.3 is 9.53 Å². The Kier molecular flexibility index (Phi) is 4.00. The van der Waals surface area contributed by atoms with Crippen LogP contribution >= 0.6 is 0 Å². The lowest BCUT2D eigenvalue weighted by molar-refractivity contribution is -0.108. The van der Waals surface area contributed by atoms with Crippen LogP contribution in [0.25, 0.3) is 11.1 Å². The molecule has 0 spiro atoms. The fraction of sp³-hybridized carbons (Fsp3) is 0.235. The molecule has 2 rings (SSSR count). The molecule has 0 N–H and O–H groups in total. The Morgan fingerprint density at radius 1 is 1.16 bits per heavy atom. The molecular formula is C17H18O2. The molecule has 0 aromatic heterocycles. The highest BCUT2D eigenvalue weighted by Crippen LogP contribution is 2.30. The number of carbonyl (C=O) groups is 1. The SMILES string of the molecule is COc1cc(-c2ccccc2C)cc([C@@H](C)C=O)c1. The number of benzene rings is 2. The lowest BCUT2D eigenvalue weighted by atomic mass is 9.94. The maximum Gasteiger partial charge on any atom is 0.127 e. The predicted octanol–water partition coefficient (Wildman–Crippen LogP) is 3.97. The average molecular weight is 254 g/mol. The van der Waals surface area contributed by atoms with E-state index in [1.165, 1.54) is 11.1 Å². The number of methoxy groups -OCH3 is 1. The maximum atomic E-state index is 11.0. The molecule has 19 heavy (non-hydrogen) atoms. The van der Waals surface area contributed by atoms with Crippen molar-refractivity contribution in [1.29, 1.82) is 0 Å². The van der Waals surface area contributed by atoms with E-state index in [4.69, 9.17) is 4.74 Å². The number of hydrogen-bond acceptors (Lipinski definition) is 2. The third-order valence-electron chi connectivity index (χ3n) is 3.35. The molecule has 0 heterocycles. The summed E-state index contributed by atoms with van der Waals surface area (Å²) in [4.78, 5) is 11.0. The van der Waals surface area contributed by atoms with Crippen LogP contribution in [0.15, 0.2) is 42.5 Å². The number of hydrogen-bond donors (Lipinski definition) is 0. The van der Waals surface area contributed by atoms with E-state index in [2.05, 4.69) is 25.1 Å². The number of carbonyl (C=O) groups excluding carboxylic acids is 1. The summed E-state index contributed by atoms with van der Waals surface area (Å²) in [5, 5.41) is 0. The smallest absolute Gasteiger partial charge is 0.127 e. The second-order valence-corrected chi connectivity index (χ2v) is 4.73. The van der Waals surface area contributed by atoms with Crippen LogP contribution in [0.1, 0.15) is 24.0 Å². The monoisotopic (exact) mass is 254 g/mol. The molecule has 1 atom stereocenters. The van der Waals surface area contributed by atoms with E-state index in [1.54, 1.807) is 7.11 Å². The molecule has 0 aliphatic carbocycles. The van der Waals surface area contributed by atoms with E-state index in [0.29, 0.717) is 0 Å². The van der Waals surface area contributed by atoms with Crippen molar-refractivity contribution in [2.24, 2.45) is 0 Å². The number of rotatable bonds is 4. The van der Waals surface area contributed by atoms with Gasteiger partial charge in [-0.3, -0.25) is 0 Å². The summed E-state index contributed by atoms with van der Waals surface area (Å²) in [5.74, 6) is 0.655.